The Morgan fingerprint density at radius 2 is 1.91 bits per heavy atom. The molecule has 116 valence electrons. The Labute approximate surface area is 141 Å². The van der Waals surface area contributed by atoms with Crippen molar-refractivity contribution in [2.45, 2.75) is 13.8 Å². The zero-order valence-corrected chi connectivity index (χ0v) is 14.2. The Bertz CT molecular complexity index is 857. The van der Waals surface area contributed by atoms with E-state index in [0.29, 0.717) is 22.7 Å². The SMILES string of the molecule is Cc1cc(NC(=O)c2c(C)noc2-c2ccc(Br)cc2)ccn1. The second kappa shape index (κ2) is 6.34. The Kier molecular flexibility index (Phi) is 4.25. The minimum atomic E-state index is -0.257. The zero-order chi connectivity index (χ0) is 16.4. The number of carbonyl (C=O) groups excluding carboxylic acids is 1. The van der Waals surface area contributed by atoms with Crippen molar-refractivity contribution in [3.8, 4) is 11.3 Å². The third-order valence-corrected chi connectivity index (χ3v) is 3.88. The normalized spacial score (nSPS) is 10.6. The maximum absolute atomic E-state index is 12.6. The van der Waals surface area contributed by atoms with Gasteiger partial charge in [-0.2, -0.15) is 0 Å². The first-order valence-corrected chi connectivity index (χ1v) is 7.80. The van der Waals surface area contributed by atoms with E-state index in [2.05, 4.69) is 31.4 Å². The van der Waals surface area contributed by atoms with Crippen molar-refractivity contribution < 1.29 is 9.32 Å². The first-order chi connectivity index (χ1) is 11.0. The number of nitrogens with zero attached hydrogens (tertiary/aromatic N) is 2. The van der Waals surface area contributed by atoms with E-state index in [1.165, 1.54) is 0 Å². The second-order valence-corrected chi connectivity index (χ2v) is 6.03. The molecule has 2 heterocycles. The van der Waals surface area contributed by atoms with Gasteiger partial charge in [0.25, 0.3) is 5.91 Å². The molecule has 0 saturated carbocycles. The van der Waals surface area contributed by atoms with Crippen molar-refractivity contribution in [1.82, 2.24) is 10.1 Å². The minimum absolute atomic E-state index is 0.257. The number of rotatable bonds is 3. The molecule has 1 aromatic carbocycles. The van der Waals surface area contributed by atoms with Gasteiger partial charge >= 0.3 is 0 Å². The number of hydrogen-bond acceptors (Lipinski definition) is 4. The van der Waals surface area contributed by atoms with E-state index in [-0.39, 0.29) is 5.91 Å². The summed E-state index contributed by atoms with van der Waals surface area (Å²) in [4.78, 5) is 16.7. The van der Waals surface area contributed by atoms with E-state index in [1.807, 2.05) is 31.2 Å². The van der Waals surface area contributed by atoms with E-state index in [4.69, 9.17) is 4.52 Å². The number of halogens is 1. The van der Waals surface area contributed by atoms with Crippen molar-refractivity contribution in [1.29, 1.82) is 0 Å². The minimum Gasteiger partial charge on any atom is -0.355 e. The highest BCUT2D eigenvalue weighted by molar-refractivity contribution is 9.10. The molecule has 0 bridgehead atoms. The number of hydrogen-bond donors (Lipinski definition) is 1. The van der Waals surface area contributed by atoms with Crippen LogP contribution in [0, 0.1) is 13.8 Å². The maximum atomic E-state index is 12.6. The molecule has 1 amide bonds. The van der Waals surface area contributed by atoms with E-state index in [1.54, 1.807) is 25.3 Å². The molecule has 5 nitrogen and oxygen atoms in total. The molecule has 0 spiro atoms. The number of pyridine rings is 1. The van der Waals surface area contributed by atoms with Crippen LogP contribution in [-0.4, -0.2) is 16.0 Å². The molecule has 0 saturated heterocycles. The van der Waals surface area contributed by atoms with Crippen molar-refractivity contribution >= 4 is 27.5 Å². The van der Waals surface area contributed by atoms with Gasteiger partial charge in [0.1, 0.15) is 5.56 Å². The number of carbonyl (C=O) groups is 1. The third-order valence-electron chi connectivity index (χ3n) is 3.35. The predicted octanol–water partition coefficient (Wildman–Crippen LogP) is 4.37. The summed E-state index contributed by atoms with van der Waals surface area (Å²) in [6, 6.07) is 11.1. The number of amides is 1. The van der Waals surface area contributed by atoms with E-state index in [9.17, 15) is 4.79 Å². The van der Waals surface area contributed by atoms with Crippen LogP contribution in [0.15, 0.2) is 51.6 Å². The largest absolute Gasteiger partial charge is 0.355 e. The molecule has 0 aliphatic heterocycles. The maximum Gasteiger partial charge on any atom is 0.261 e. The van der Waals surface area contributed by atoms with Crippen LogP contribution in [0.4, 0.5) is 5.69 Å². The Morgan fingerprint density at radius 3 is 2.61 bits per heavy atom. The Balaban J connectivity index is 1.95. The lowest BCUT2D eigenvalue weighted by Gasteiger charge is -2.06. The molecular formula is C17H14BrN3O2. The van der Waals surface area contributed by atoms with Gasteiger partial charge in [0.15, 0.2) is 5.76 Å². The average molecular weight is 372 g/mol. The Morgan fingerprint density at radius 1 is 1.17 bits per heavy atom. The molecule has 23 heavy (non-hydrogen) atoms. The van der Waals surface area contributed by atoms with E-state index in [0.717, 1.165) is 15.7 Å². The highest BCUT2D eigenvalue weighted by atomic mass is 79.9. The van der Waals surface area contributed by atoms with Crippen molar-refractivity contribution in [3.63, 3.8) is 0 Å². The first kappa shape index (κ1) is 15.4. The molecule has 0 aliphatic rings. The van der Waals surface area contributed by atoms with Crippen molar-refractivity contribution in [3.05, 3.63) is 64.0 Å². The van der Waals surface area contributed by atoms with Crippen molar-refractivity contribution in [2.75, 3.05) is 5.32 Å². The number of benzene rings is 1. The van der Waals surface area contributed by atoms with Crippen LogP contribution in [-0.2, 0) is 0 Å². The fourth-order valence-corrected chi connectivity index (χ4v) is 2.52. The van der Waals surface area contributed by atoms with Crippen LogP contribution in [0.2, 0.25) is 0 Å². The summed E-state index contributed by atoms with van der Waals surface area (Å²) >= 11 is 3.39. The van der Waals surface area contributed by atoms with Crippen LogP contribution >= 0.6 is 15.9 Å². The summed E-state index contributed by atoms with van der Waals surface area (Å²) < 4.78 is 6.32. The summed E-state index contributed by atoms with van der Waals surface area (Å²) in [6.45, 7) is 3.62. The lowest BCUT2D eigenvalue weighted by Crippen LogP contribution is -2.13. The topological polar surface area (TPSA) is 68.0 Å². The van der Waals surface area contributed by atoms with Gasteiger partial charge in [-0.1, -0.05) is 21.1 Å². The standard InChI is InChI=1S/C17H14BrN3O2/c1-10-9-14(7-8-19-10)20-17(22)15-11(2)21-23-16(15)12-3-5-13(18)6-4-12/h3-9H,1-2H3,(H,19,20,22). The molecule has 0 fully saturated rings. The van der Waals surface area contributed by atoms with E-state index < -0.39 is 0 Å². The number of aryl methyl sites for hydroxylation is 2. The van der Waals surface area contributed by atoms with Crippen LogP contribution in [0.25, 0.3) is 11.3 Å². The number of anilines is 1. The lowest BCUT2D eigenvalue weighted by atomic mass is 10.1. The van der Waals surface area contributed by atoms with E-state index >= 15 is 0 Å². The van der Waals surface area contributed by atoms with Gasteiger partial charge < -0.3 is 9.84 Å². The first-order valence-electron chi connectivity index (χ1n) is 7.01. The van der Waals surface area contributed by atoms with Gasteiger partial charge in [-0.25, -0.2) is 0 Å². The molecule has 6 heteroatoms. The average Bonchev–Trinajstić information content (AvgIpc) is 2.90. The summed E-state index contributed by atoms with van der Waals surface area (Å²) in [5.41, 5.74) is 3.29. The zero-order valence-electron chi connectivity index (χ0n) is 12.6. The monoisotopic (exact) mass is 371 g/mol. The quantitative estimate of drug-likeness (QED) is 0.742. The van der Waals surface area contributed by atoms with Gasteiger partial charge in [-0.3, -0.25) is 9.78 Å². The highest BCUT2D eigenvalue weighted by Crippen LogP contribution is 2.28. The molecule has 0 unspecified atom stereocenters. The fraction of sp³-hybridized carbons (Fsp3) is 0.118. The Hall–Kier alpha value is -2.47. The molecule has 0 aliphatic carbocycles. The molecule has 0 radical (unpaired) electrons. The van der Waals surface area contributed by atoms with Gasteiger partial charge in [0, 0.05) is 27.6 Å². The summed E-state index contributed by atoms with van der Waals surface area (Å²) in [7, 11) is 0. The van der Waals surface area contributed by atoms with Crippen LogP contribution in [0.3, 0.4) is 0 Å². The number of aromatic nitrogens is 2. The smallest absolute Gasteiger partial charge is 0.261 e. The highest BCUT2D eigenvalue weighted by Gasteiger charge is 2.22. The lowest BCUT2D eigenvalue weighted by molar-refractivity contribution is 0.102. The third kappa shape index (κ3) is 3.32. The predicted molar refractivity (Wildman–Crippen MR) is 91.3 cm³/mol. The molecular weight excluding hydrogens is 358 g/mol. The molecule has 3 aromatic rings. The summed E-state index contributed by atoms with van der Waals surface area (Å²) in [5, 5.41) is 6.80. The molecule has 3 rings (SSSR count). The summed E-state index contributed by atoms with van der Waals surface area (Å²) in [5.74, 6) is 0.200. The molecule has 2 aromatic heterocycles. The summed E-state index contributed by atoms with van der Waals surface area (Å²) in [6.07, 6.45) is 1.65. The van der Waals surface area contributed by atoms with Gasteiger partial charge in [0.2, 0.25) is 0 Å². The fourth-order valence-electron chi connectivity index (χ4n) is 2.25. The van der Waals surface area contributed by atoms with Crippen LogP contribution in [0.5, 0.6) is 0 Å². The van der Waals surface area contributed by atoms with Gasteiger partial charge in [-0.15, -0.1) is 0 Å². The molecule has 1 N–H and O–H groups in total. The molecule has 0 atom stereocenters. The van der Waals surface area contributed by atoms with Crippen LogP contribution < -0.4 is 5.32 Å². The van der Waals surface area contributed by atoms with Crippen molar-refractivity contribution in [2.24, 2.45) is 0 Å². The van der Waals surface area contributed by atoms with Crippen LogP contribution in [0.1, 0.15) is 21.7 Å². The second-order valence-electron chi connectivity index (χ2n) is 5.12. The van der Waals surface area contributed by atoms with Gasteiger partial charge in [0.05, 0.1) is 5.69 Å². The number of nitrogens with one attached hydrogen (secondary N) is 1. The van der Waals surface area contributed by atoms with Gasteiger partial charge in [-0.05, 0) is 50.2 Å².